The van der Waals surface area contributed by atoms with Gasteiger partial charge in [-0.15, -0.1) is 0 Å². The van der Waals surface area contributed by atoms with Crippen LogP contribution < -0.4 is 5.32 Å². The van der Waals surface area contributed by atoms with E-state index in [-0.39, 0.29) is 4.47 Å². The summed E-state index contributed by atoms with van der Waals surface area (Å²) in [5.74, 6) is -0.855. The Balaban J connectivity index is 2.17. The van der Waals surface area contributed by atoms with Gasteiger partial charge in [-0.25, -0.2) is 18.7 Å². The van der Waals surface area contributed by atoms with Gasteiger partial charge in [0.25, 0.3) is 0 Å². The summed E-state index contributed by atoms with van der Waals surface area (Å²) in [5.41, 5.74) is 2.19. The highest BCUT2D eigenvalue weighted by molar-refractivity contribution is 9.10. The second kappa shape index (κ2) is 5.65. The third-order valence-electron chi connectivity index (χ3n) is 3.34. The molecule has 110 valence electrons. The number of benzene rings is 1. The van der Waals surface area contributed by atoms with E-state index in [4.69, 9.17) is 4.74 Å². The molecule has 7 heteroatoms. The second-order valence-corrected chi connectivity index (χ2v) is 5.39. The molecule has 0 unspecified atom stereocenters. The molecule has 0 radical (unpaired) electrons. The number of hydrogen-bond donors (Lipinski definition) is 1. The molecule has 2 aromatic rings. The fourth-order valence-electron chi connectivity index (χ4n) is 2.26. The molecule has 0 saturated heterocycles. The van der Waals surface area contributed by atoms with Crippen molar-refractivity contribution in [1.82, 2.24) is 9.97 Å². The third kappa shape index (κ3) is 2.51. The van der Waals surface area contributed by atoms with Gasteiger partial charge < -0.3 is 10.1 Å². The van der Waals surface area contributed by atoms with E-state index in [1.165, 1.54) is 6.07 Å². The fourth-order valence-corrected chi connectivity index (χ4v) is 2.76. The first-order chi connectivity index (χ1) is 10.1. The van der Waals surface area contributed by atoms with Crippen LogP contribution in [-0.2, 0) is 17.8 Å². The standard InChI is InChI=1S/C14H12BrF2N3O/c1-18-13-8-6-21-5-4-10(8)19-14(20-13)7-2-3-9(16)12(17)11(7)15/h2-3H,4-6H2,1H3,(H,18,19,20). The van der Waals surface area contributed by atoms with Crippen LogP contribution in [0.5, 0.6) is 0 Å². The van der Waals surface area contributed by atoms with Gasteiger partial charge >= 0.3 is 0 Å². The molecule has 0 fully saturated rings. The molecule has 1 aromatic heterocycles. The van der Waals surface area contributed by atoms with Gasteiger partial charge in [-0.3, -0.25) is 0 Å². The van der Waals surface area contributed by atoms with Crippen molar-refractivity contribution in [3.8, 4) is 11.4 Å². The summed E-state index contributed by atoms with van der Waals surface area (Å²) in [6.45, 7) is 1.04. The Kier molecular flexibility index (Phi) is 3.86. The van der Waals surface area contributed by atoms with Crippen molar-refractivity contribution in [3.05, 3.63) is 39.5 Å². The average molecular weight is 356 g/mol. The molecule has 0 amide bonds. The predicted molar refractivity (Wildman–Crippen MR) is 78.0 cm³/mol. The minimum Gasteiger partial charge on any atom is -0.376 e. The van der Waals surface area contributed by atoms with E-state index in [0.717, 1.165) is 17.3 Å². The number of fused-ring (bicyclic) bond motifs is 1. The first-order valence-electron chi connectivity index (χ1n) is 6.41. The van der Waals surface area contributed by atoms with E-state index in [9.17, 15) is 8.78 Å². The highest BCUT2D eigenvalue weighted by atomic mass is 79.9. The predicted octanol–water partition coefficient (Wildman–Crippen LogP) is 3.30. The minimum atomic E-state index is -0.942. The molecule has 1 N–H and O–H groups in total. The SMILES string of the molecule is CNc1nc(-c2ccc(F)c(F)c2Br)nc2c1COCC2. The molecule has 21 heavy (non-hydrogen) atoms. The van der Waals surface area contributed by atoms with Gasteiger partial charge in [-0.1, -0.05) is 0 Å². The van der Waals surface area contributed by atoms with Crippen molar-refractivity contribution in [1.29, 1.82) is 0 Å². The molecule has 1 aliphatic rings. The minimum absolute atomic E-state index is 0.0246. The summed E-state index contributed by atoms with van der Waals surface area (Å²) >= 11 is 3.07. The number of nitrogens with one attached hydrogen (secondary N) is 1. The molecular weight excluding hydrogens is 344 g/mol. The van der Waals surface area contributed by atoms with E-state index >= 15 is 0 Å². The van der Waals surface area contributed by atoms with Crippen LogP contribution in [0.4, 0.5) is 14.6 Å². The zero-order chi connectivity index (χ0) is 15.0. The topological polar surface area (TPSA) is 47.0 Å². The van der Waals surface area contributed by atoms with E-state index in [1.54, 1.807) is 7.05 Å². The largest absolute Gasteiger partial charge is 0.376 e. The lowest BCUT2D eigenvalue weighted by Gasteiger charge is -2.19. The molecule has 0 aliphatic carbocycles. The Morgan fingerprint density at radius 1 is 1.29 bits per heavy atom. The highest BCUT2D eigenvalue weighted by Gasteiger charge is 2.20. The number of anilines is 1. The molecule has 2 heterocycles. The lowest BCUT2D eigenvalue weighted by Crippen LogP contribution is -2.16. The summed E-state index contributed by atoms with van der Waals surface area (Å²) in [7, 11) is 1.75. The van der Waals surface area contributed by atoms with Gasteiger partial charge in [0.05, 0.1) is 23.4 Å². The molecule has 1 aromatic carbocycles. The van der Waals surface area contributed by atoms with Crippen molar-refractivity contribution < 1.29 is 13.5 Å². The highest BCUT2D eigenvalue weighted by Crippen LogP contribution is 2.32. The van der Waals surface area contributed by atoms with Crippen molar-refractivity contribution in [3.63, 3.8) is 0 Å². The number of hydrogen-bond acceptors (Lipinski definition) is 4. The first-order valence-corrected chi connectivity index (χ1v) is 7.20. The van der Waals surface area contributed by atoms with Crippen LogP contribution in [0.3, 0.4) is 0 Å². The van der Waals surface area contributed by atoms with Crippen LogP contribution in [0.2, 0.25) is 0 Å². The van der Waals surface area contributed by atoms with E-state index in [2.05, 4.69) is 31.2 Å². The Hall–Kier alpha value is -1.60. The van der Waals surface area contributed by atoms with E-state index in [0.29, 0.717) is 36.8 Å². The van der Waals surface area contributed by atoms with Crippen molar-refractivity contribution in [2.75, 3.05) is 19.0 Å². The maximum atomic E-state index is 13.7. The van der Waals surface area contributed by atoms with Crippen LogP contribution >= 0.6 is 15.9 Å². The molecule has 0 bridgehead atoms. The molecule has 4 nitrogen and oxygen atoms in total. The Labute approximate surface area is 128 Å². The summed E-state index contributed by atoms with van der Waals surface area (Å²) in [6, 6.07) is 2.53. The monoisotopic (exact) mass is 355 g/mol. The normalized spacial score (nSPS) is 13.9. The molecule has 0 spiro atoms. The smallest absolute Gasteiger partial charge is 0.173 e. The lowest BCUT2D eigenvalue weighted by molar-refractivity contribution is 0.109. The zero-order valence-corrected chi connectivity index (χ0v) is 12.8. The van der Waals surface area contributed by atoms with Crippen molar-refractivity contribution in [2.45, 2.75) is 13.0 Å². The number of nitrogens with zero attached hydrogens (tertiary/aromatic N) is 2. The quantitative estimate of drug-likeness (QED) is 0.839. The van der Waals surface area contributed by atoms with Gasteiger partial charge in [-0.05, 0) is 28.1 Å². The van der Waals surface area contributed by atoms with Gasteiger partial charge in [0, 0.05) is 24.6 Å². The summed E-state index contributed by atoms with van der Waals surface area (Å²) in [4.78, 5) is 8.86. The summed E-state index contributed by atoms with van der Waals surface area (Å²) in [6.07, 6.45) is 0.667. The summed E-state index contributed by atoms with van der Waals surface area (Å²) in [5, 5.41) is 3.00. The Morgan fingerprint density at radius 3 is 2.86 bits per heavy atom. The Bertz CT molecular complexity index is 692. The van der Waals surface area contributed by atoms with Crippen LogP contribution in [0.15, 0.2) is 16.6 Å². The molecule has 0 atom stereocenters. The average Bonchev–Trinajstić information content (AvgIpc) is 2.51. The third-order valence-corrected chi connectivity index (χ3v) is 4.11. The fraction of sp³-hybridized carbons (Fsp3) is 0.286. The van der Waals surface area contributed by atoms with Gasteiger partial charge in [0.2, 0.25) is 0 Å². The zero-order valence-electron chi connectivity index (χ0n) is 11.2. The van der Waals surface area contributed by atoms with Gasteiger partial charge in [0.1, 0.15) is 5.82 Å². The number of aromatic nitrogens is 2. The van der Waals surface area contributed by atoms with Crippen molar-refractivity contribution in [2.24, 2.45) is 0 Å². The molecule has 0 saturated carbocycles. The summed E-state index contributed by atoms with van der Waals surface area (Å²) < 4.78 is 32.3. The second-order valence-electron chi connectivity index (χ2n) is 4.60. The maximum Gasteiger partial charge on any atom is 0.173 e. The molecular formula is C14H12BrF2N3O. The molecule has 1 aliphatic heterocycles. The van der Waals surface area contributed by atoms with Crippen LogP contribution in [-0.4, -0.2) is 23.6 Å². The first kappa shape index (κ1) is 14.3. The van der Waals surface area contributed by atoms with Gasteiger partial charge in [0.15, 0.2) is 17.5 Å². The number of halogens is 3. The number of ether oxygens (including phenoxy) is 1. The van der Waals surface area contributed by atoms with E-state index < -0.39 is 11.6 Å². The van der Waals surface area contributed by atoms with Crippen molar-refractivity contribution >= 4 is 21.7 Å². The number of rotatable bonds is 2. The Morgan fingerprint density at radius 2 is 2.10 bits per heavy atom. The molecule has 3 rings (SSSR count). The van der Waals surface area contributed by atoms with Crippen LogP contribution in [0.1, 0.15) is 11.3 Å². The lowest BCUT2D eigenvalue weighted by atomic mass is 10.1. The van der Waals surface area contributed by atoms with Crippen LogP contribution in [0.25, 0.3) is 11.4 Å². The van der Waals surface area contributed by atoms with Crippen LogP contribution in [0, 0.1) is 11.6 Å². The van der Waals surface area contributed by atoms with E-state index in [1.807, 2.05) is 0 Å². The maximum absolute atomic E-state index is 13.7. The van der Waals surface area contributed by atoms with Gasteiger partial charge in [-0.2, -0.15) is 0 Å².